The van der Waals surface area contributed by atoms with Gasteiger partial charge in [-0.25, -0.2) is 0 Å². The second-order valence-corrected chi connectivity index (χ2v) is 4.04. The van der Waals surface area contributed by atoms with E-state index in [0.29, 0.717) is 6.54 Å². The number of amides is 1. The van der Waals surface area contributed by atoms with E-state index in [1.165, 1.54) is 11.3 Å². The predicted molar refractivity (Wildman–Crippen MR) is 51.9 cm³/mol. The topological polar surface area (TPSA) is 65.1 Å². The van der Waals surface area contributed by atoms with E-state index in [-0.39, 0.29) is 17.2 Å². The molecule has 0 aliphatic rings. The molecular formula is C8H12N2O2S. The van der Waals surface area contributed by atoms with Gasteiger partial charge < -0.3 is 10.3 Å². The monoisotopic (exact) mass is 200 g/mol. The van der Waals surface area contributed by atoms with Gasteiger partial charge in [-0.15, -0.1) is 0 Å². The summed E-state index contributed by atoms with van der Waals surface area (Å²) in [5, 5.41) is 0. The van der Waals surface area contributed by atoms with Gasteiger partial charge in [0.05, 0.1) is 0 Å². The SMILES string of the molecule is Cc1sc(=O)n(CCC(N)=O)c1C. The van der Waals surface area contributed by atoms with E-state index in [1.807, 2.05) is 13.8 Å². The molecule has 1 aromatic heterocycles. The average molecular weight is 200 g/mol. The number of nitrogens with zero attached hydrogens (tertiary/aromatic N) is 1. The van der Waals surface area contributed by atoms with Crippen LogP contribution in [0.3, 0.4) is 0 Å². The third kappa shape index (κ3) is 2.18. The number of carbonyl (C=O) groups is 1. The van der Waals surface area contributed by atoms with E-state index in [4.69, 9.17) is 5.73 Å². The summed E-state index contributed by atoms with van der Waals surface area (Å²) < 4.78 is 1.59. The van der Waals surface area contributed by atoms with Crippen molar-refractivity contribution in [2.45, 2.75) is 26.8 Å². The van der Waals surface area contributed by atoms with Crippen molar-refractivity contribution >= 4 is 17.2 Å². The largest absolute Gasteiger partial charge is 0.370 e. The number of rotatable bonds is 3. The molecule has 0 bridgehead atoms. The molecular weight excluding hydrogens is 188 g/mol. The third-order valence-corrected chi connectivity index (χ3v) is 2.95. The molecule has 1 amide bonds. The molecule has 0 aliphatic heterocycles. The first-order valence-electron chi connectivity index (χ1n) is 3.97. The lowest BCUT2D eigenvalue weighted by atomic mass is 10.3. The van der Waals surface area contributed by atoms with E-state index in [1.54, 1.807) is 4.57 Å². The maximum Gasteiger partial charge on any atom is 0.307 e. The Balaban J connectivity index is 2.88. The highest BCUT2D eigenvalue weighted by molar-refractivity contribution is 7.09. The van der Waals surface area contributed by atoms with Crippen LogP contribution in [0, 0.1) is 13.8 Å². The molecule has 4 nitrogen and oxygen atoms in total. The van der Waals surface area contributed by atoms with Gasteiger partial charge in [-0.2, -0.15) is 0 Å². The van der Waals surface area contributed by atoms with Crippen molar-refractivity contribution in [3.05, 3.63) is 20.2 Å². The van der Waals surface area contributed by atoms with E-state index in [0.717, 1.165) is 10.6 Å². The van der Waals surface area contributed by atoms with Crippen molar-refractivity contribution in [2.75, 3.05) is 0 Å². The average Bonchev–Trinajstić information content (AvgIpc) is 2.24. The zero-order valence-corrected chi connectivity index (χ0v) is 8.48. The normalized spacial score (nSPS) is 10.3. The van der Waals surface area contributed by atoms with Gasteiger partial charge in [-0.1, -0.05) is 11.3 Å². The Morgan fingerprint density at radius 1 is 1.54 bits per heavy atom. The summed E-state index contributed by atoms with van der Waals surface area (Å²) in [5.74, 6) is -0.379. The lowest BCUT2D eigenvalue weighted by Crippen LogP contribution is -2.20. The molecule has 0 aliphatic carbocycles. The van der Waals surface area contributed by atoms with Crippen LogP contribution in [-0.2, 0) is 11.3 Å². The van der Waals surface area contributed by atoms with Crippen LogP contribution in [0.5, 0.6) is 0 Å². The Hall–Kier alpha value is -1.10. The maximum absolute atomic E-state index is 11.3. The lowest BCUT2D eigenvalue weighted by Gasteiger charge is -2.01. The molecule has 1 heterocycles. The number of nitrogens with two attached hydrogens (primary N) is 1. The number of hydrogen-bond acceptors (Lipinski definition) is 3. The molecule has 0 aromatic carbocycles. The van der Waals surface area contributed by atoms with Crippen LogP contribution in [0.4, 0.5) is 0 Å². The van der Waals surface area contributed by atoms with Gasteiger partial charge in [0.25, 0.3) is 0 Å². The Bertz CT molecular complexity index is 378. The highest BCUT2D eigenvalue weighted by Crippen LogP contribution is 2.09. The first-order chi connectivity index (χ1) is 6.02. The lowest BCUT2D eigenvalue weighted by molar-refractivity contribution is -0.118. The minimum atomic E-state index is -0.379. The molecule has 0 fully saturated rings. The summed E-state index contributed by atoms with van der Waals surface area (Å²) in [4.78, 5) is 22.8. The van der Waals surface area contributed by atoms with Gasteiger partial charge in [0.1, 0.15) is 0 Å². The fourth-order valence-electron chi connectivity index (χ4n) is 1.07. The van der Waals surface area contributed by atoms with Crippen LogP contribution in [0.1, 0.15) is 17.0 Å². The van der Waals surface area contributed by atoms with E-state index >= 15 is 0 Å². The Morgan fingerprint density at radius 3 is 2.54 bits per heavy atom. The van der Waals surface area contributed by atoms with Crippen molar-refractivity contribution in [3.63, 3.8) is 0 Å². The van der Waals surface area contributed by atoms with Crippen LogP contribution in [-0.4, -0.2) is 10.5 Å². The molecule has 0 atom stereocenters. The van der Waals surface area contributed by atoms with E-state index < -0.39 is 0 Å². The minimum absolute atomic E-state index is 0.0174. The highest BCUT2D eigenvalue weighted by atomic mass is 32.1. The van der Waals surface area contributed by atoms with Gasteiger partial charge in [0.2, 0.25) is 5.91 Å². The van der Waals surface area contributed by atoms with Gasteiger partial charge >= 0.3 is 4.87 Å². The number of aryl methyl sites for hydroxylation is 1. The molecule has 0 saturated carbocycles. The predicted octanol–water partition coefficient (Wildman–Crippen LogP) is 0.402. The first kappa shape index (κ1) is 9.98. The number of hydrogen-bond donors (Lipinski definition) is 1. The number of aromatic nitrogens is 1. The molecule has 1 rings (SSSR count). The molecule has 0 radical (unpaired) electrons. The van der Waals surface area contributed by atoms with E-state index in [2.05, 4.69) is 0 Å². The van der Waals surface area contributed by atoms with Crippen LogP contribution < -0.4 is 10.6 Å². The number of primary amides is 1. The van der Waals surface area contributed by atoms with Crippen LogP contribution >= 0.6 is 11.3 Å². The Labute approximate surface area is 80.0 Å². The van der Waals surface area contributed by atoms with Crippen molar-refractivity contribution in [1.82, 2.24) is 4.57 Å². The maximum atomic E-state index is 11.3. The summed E-state index contributed by atoms with van der Waals surface area (Å²) in [6.07, 6.45) is 0.219. The van der Waals surface area contributed by atoms with Gasteiger partial charge in [0.15, 0.2) is 0 Å². The number of thiazole rings is 1. The zero-order valence-electron chi connectivity index (χ0n) is 7.66. The number of carbonyl (C=O) groups excluding carboxylic acids is 1. The summed E-state index contributed by atoms with van der Waals surface area (Å²) >= 11 is 1.20. The smallest absolute Gasteiger partial charge is 0.307 e. The third-order valence-electron chi connectivity index (χ3n) is 1.96. The highest BCUT2D eigenvalue weighted by Gasteiger charge is 2.07. The summed E-state index contributed by atoms with van der Waals surface area (Å²) in [7, 11) is 0. The first-order valence-corrected chi connectivity index (χ1v) is 4.79. The van der Waals surface area contributed by atoms with Gasteiger partial charge in [0, 0.05) is 23.5 Å². The molecule has 0 unspecified atom stereocenters. The quantitative estimate of drug-likeness (QED) is 0.767. The molecule has 72 valence electrons. The zero-order chi connectivity index (χ0) is 10.0. The molecule has 13 heavy (non-hydrogen) atoms. The molecule has 1 aromatic rings. The fraction of sp³-hybridized carbons (Fsp3) is 0.500. The van der Waals surface area contributed by atoms with Crippen LogP contribution in [0.25, 0.3) is 0 Å². The van der Waals surface area contributed by atoms with Crippen LogP contribution in [0.15, 0.2) is 4.79 Å². The molecule has 2 N–H and O–H groups in total. The second-order valence-electron chi connectivity index (χ2n) is 2.88. The molecule has 0 saturated heterocycles. The van der Waals surface area contributed by atoms with E-state index in [9.17, 15) is 9.59 Å². The van der Waals surface area contributed by atoms with Gasteiger partial charge in [-0.3, -0.25) is 9.59 Å². The minimum Gasteiger partial charge on any atom is -0.370 e. The van der Waals surface area contributed by atoms with Crippen LogP contribution in [0.2, 0.25) is 0 Å². The summed E-state index contributed by atoms with van der Waals surface area (Å²) in [6, 6.07) is 0. The van der Waals surface area contributed by atoms with Crippen molar-refractivity contribution in [1.29, 1.82) is 0 Å². The molecule has 0 spiro atoms. The van der Waals surface area contributed by atoms with Gasteiger partial charge in [-0.05, 0) is 13.8 Å². The molecule has 5 heteroatoms. The van der Waals surface area contributed by atoms with Crippen molar-refractivity contribution in [3.8, 4) is 0 Å². The Kier molecular flexibility index (Phi) is 2.87. The Morgan fingerprint density at radius 2 is 2.15 bits per heavy atom. The standard InChI is InChI=1S/C8H12N2O2S/c1-5-6(2)13-8(12)10(5)4-3-7(9)11/h3-4H2,1-2H3,(H2,9,11). The second kappa shape index (κ2) is 3.74. The van der Waals surface area contributed by atoms with Crippen molar-refractivity contribution < 1.29 is 4.79 Å². The summed E-state index contributed by atoms with van der Waals surface area (Å²) in [5.41, 5.74) is 5.92. The van der Waals surface area contributed by atoms with Crippen molar-refractivity contribution in [2.24, 2.45) is 5.73 Å². The summed E-state index contributed by atoms with van der Waals surface area (Å²) in [6.45, 7) is 4.15. The fourth-order valence-corrected chi connectivity index (χ4v) is 1.93.